The zero-order chi connectivity index (χ0) is 18.5. The number of aliphatic hydroxyl groups excluding tert-OH is 1. The van der Waals surface area contributed by atoms with E-state index >= 15 is 0 Å². The summed E-state index contributed by atoms with van der Waals surface area (Å²) in [5.74, 6) is -0.842. The number of aliphatic hydroxyl groups is 1. The minimum absolute atomic E-state index is 0.0367. The maximum absolute atomic E-state index is 13.0. The molecule has 134 valence electrons. The van der Waals surface area contributed by atoms with Crippen molar-refractivity contribution in [2.75, 3.05) is 0 Å². The molecule has 1 aromatic carbocycles. The van der Waals surface area contributed by atoms with Crippen LogP contribution in [0.15, 0.2) is 30.3 Å². The van der Waals surface area contributed by atoms with Crippen molar-refractivity contribution >= 4 is 20.4 Å². The molecule has 0 aromatic heterocycles. The second kappa shape index (κ2) is 8.19. The van der Waals surface area contributed by atoms with Crippen LogP contribution in [0.5, 0.6) is 0 Å². The minimum Gasteiger partial charge on any atom is -0.403 e. The van der Waals surface area contributed by atoms with Crippen molar-refractivity contribution in [3.05, 3.63) is 35.9 Å². The van der Waals surface area contributed by atoms with Gasteiger partial charge in [-0.2, -0.15) is 0 Å². The molecular weight excluding hydrogens is 320 g/mol. The van der Waals surface area contributed by atoms with E-state index in [1.807, 2.05) is 30.3 Å². The zero-order valence-corrected chi connectivity index (χ0v) is 16.6. The maximum Gasteiger partial charge on any atom is 0.193 e. The van der Waals surface area contributed by atoms with Crippen LogP contribution in [-0.2, 0) is 14.0 Å². The van der Waals surface area contributed by atoms with Crippen molar-refractivity contribution in [3.63, 3.8) is 0 Å². The van der Waals surface area contributed by atoms with Crippen molar-refractivity contribution in [1.82, 2.24) is 0 Å². The van der Waals surface area contributed by atoms with Gasteiger partial charge in [-0.05, 0) is 23.7 Å². The molecule has 24 heavy (non-hydrogen) atoms. The summed E-state index contributed by atoms with van der Waals surface area (Å²) in [7, 11) is -2.18. The van der Waals surface area contributed by atoms with Gasteiger partial charge in [0, 0.05) is 12.3 Å². The number of hydrogen-bond acceptors (Lipinski definition) is 4. The van der Waals surface area contributed by atoms with Gasteiger partial charge in [0.15, 0.2) is 14.1 Å². The predicted molar refractivity (Wildman–Crippen MR) is 98.3 cm³/mol. The summed E-state index contributed by atoms with van der Waals surface area (Å²) in [5.41, 5.74) is 0.789. The summed E-state index contributed by atoms with van der Waals surface area (Å²) in [4.78, 5) is 23.6. The molecule has 0 spiro atoms. The first-order valence-electron chi connectivity index (χ1n) is 8.39. The van der Waals surface area contributed by atoms with Crippen LogP contribution in [0.25, 0.3) is 0 Å². The first kappa shape index (κ1) is 20.7. The summed E-state index contributed by atoms with van der Waals surface area (Å²) in [6.07, 6.45) is -1.11. The zero-order valence-electron chi connectivity index (χ0n) is 15.6. The lowest BCUT2D eigenvalue weighted by molar-refractivity contribution is -0.134. The maximum atomic E-state index is 13.0. The highest BCUT2D eigenvalue weighted by atomic mass is 28.4. The molecule has 0 saturated carbocycles. The first-order valence-corrected chi connectivity index (χ1v) is 11.3. The van der Waals surface area contributed by atoms with Gasteiger partial charge in [0.1, 0.15) is 12.4 Å². The second-order valence-corrected chi connectivity index (χ2v) is 12.6. The molecule has 1 rings (SSSR count). The Morgan fingerprint density at radius 2 is 1.79 bits per heavy atom. The molecule has 0 amide bonds. The quantitative estimate of drug-likeness (QED) is 0.570. The van der Waals surface area contributed by atoms with Gasteiger partial charge in [0.2, 0.25) is 0 Å². The molecule has 0 aliphatic heterocycles. The average Bonchev–Trinajstić information content (AvgIpc) is 2.51. The fourth-order valence-corrected chi connectivity index (χ4v) is 3.32. The summed E-state index contributed by atoms with van der Waals surface area (Å²) >= 11 is 0. The van der Waals surface area contributed by atoms with Gasteiger partial charge in [-0.3, -0.25) is 4.79 Å². The highest BCUT2D eigenvalue weighted by Crippen LogP contribution is 2.40. The molecule has 1 aromatic rings. The molecule has 0 aliphatic carbocycles. The molecule has 3 atom stereocenters. The summed E-state index contributed by atoms with van der Waals surface area (Å²) in [6.45, 7) is 12.2. The third-order valence-electron chi connectivity index (χ3n) is 4.94. The van der Waals surface area contributed by atoms with Crippen molar-refractivity contribution in [3.8, 4) is 0 Å². The van der Waals surface area contributed by atoms with E-state index < -0.39 is 26.4 Å². The second-order valence-electron chi connectivity index (χ2n) is 7.83. The van der Waals surface area contributed by atoms with Crippen LogP contribution in [-0.4, -0.2) is 31.6 Å². The molecule has 0 heterocycles. The van der Waals surface area contributed by atoms with Crippen molar-refractivity contribution in [2.24, 2.45) is 5.92 Å². The summed E-state index contributed by atoms with van der Waals surface area (Å²) in [6, 6.07) is 9.37. The number of carbonyl (C=O) groups excluding carboxylic acids is 2. The third-order valence-corrected chi connectivity index (χ3v) is 9.38. The van der Waals surface area contributed by atoms with Gasteiger partial charge in [0.25, 0.3) is 0 Å². The molecule has 4 nitrogen and oxygen atoms in total. The monoisotopic (exact) mass is 350 g/mol. The Morgan fingerprint density at radius 3 is 2.25 bits per heavy atom. The van der Waals surface area contributed by atoms with E-state index in [9.17, 15) is 14.7 Å². The van der Waals surface area contributed by atoms with Crippen LogP contribution in [0, 0.1) is 5.92 Å². The molecule has 5 heteroatoms. The van der Waals surface area contributed by atoms with E-state index in [0.717, 1.165) is 5.56 Å². The highest BCUT2D eigenvalue weighted by Gasteiger charge is 2.42. The van der Waals surface area contributed by atoms with Crippen molar-refractivity contribution in [1.29, 1.82) is 0 Å². The topological polar surface area (TPSA) is 63.6 Å². The Morgan fingerprint density at radius 1 is 1.25 bits per heavy atom. The van der Waals surface area contributed by atoms with E-state index in [1.165, 1.54) is 0 Å². The molecule has 0 bridgehead atoms. The first-order chi connectivity index (χ1) is 11.0. The van der Waals surface area contributed by atoms with Gasteiger partial charge in [0.05, 0.1) is 6.10 Å². The van der Waals surface area contributed by atoms with E-state index in [4.69, 9.17) is 4.43 Å². The van der Waals surface area contributed by atoms with E-state index in [-0.39, 0.29) is 17.2 Å². The summed E-state index contributed by atoms with van der Waals surface area (Å²) in [5, 5.41) is 10.0. The molecule has 0 radical (unpaired) electrons. The van der Waals surface area contributed by atoms with Crippen molar-refractivity contribution in [2.45, 2.75) is 64.5 Å². The fraction of sp³-hybridized carbons (Fsp3) is 0.579. The molecule has 1 N–H and O–H groups in total. The lowest BCUT2D eigenvalue weighted by Gasteiger charge is -2.39. The molecule has 0 saturated heterocycles. The van der Waals surface area contributed by atoms with Gasteiger partial charge < -0.3 is 14.3 Å². The van der Waals surface area contributed by atoms with E-state index in [0.29, 0.717) is 6.29 Å². The lowest BCUT2D eigenvalue weighted by Crippen LogP contribution is -2.44. The number of carbonyl (C=O) groups is 2. The van der Waals surface area contributed by atoms with E-state index in [2.05, 4.69) is 33.9 Å². The van der Waals surface area contributed by atoms with Crippen LogP contribution in [0.4, 0.5) is 0 Å². The van der Waals surface area contributed by atoms with Gasteiger partial charge >= 0.3 is 0 Å². The van der Waals surface area contributed by atoms with Crippen LogP contribution in [0.2, 0.25) is 18.1 Å². The van der Waals surface area contributed by atoms with Gasteiger partial charge in [-0.1, -0.05) is 58.0 Å². The lowest BCUT2D eigenvalue weighted by atomic mass is 9.91. The molecule has 0 fully saturated rings. The summed E-state index contributed by atoms with van der Waals surface area (Å²) < 4.78 is 6.39. The average molecular weight is 351 g/mol. The molecular formula is C19H30O4Si. The number of rotatable bonds is 8. The number of Topliss-reactive ketones (excluding diaryl/α,β-unsaturated/α-hetero) is 1. The normalized spacial score (nSPS) is 16.3. The fourth-order valence-electron chi connectivity index (χ4n) is 2.12. The minimum atomic E-state index is -2.18. The smallest absolute Gasteiger partial charge is 0.193 e. The highest BCUT2D eigenvalue weighted by molar-refractivity contribution is 6.74. The SMILES string of the molecule is C[C@H](C(=O)[C@H](O[Si](C)(C)C(C)(C)C)c1ccccc1)[C@H](O)CC=O. The Bertz CT molecular complexity index is 548. The van der Waals surface area contributed by atoms with Crippen LogP contribution < -0.4 is 0 Å². The third kappa shape index (κ3) is 5.10. The molecule has 0 unspecified atom stereocenters. The number of ketones is 1. The standard InChI is InChI=1S/C19H30O4Si/c1-14(16(21)12-13-20)17(22)18(15-10-8-7-9-11-15)23-24(5,6)19(2,3)4/h7-11,13-14,16,18,21H,12H2,1-6H3/t14-,16+,18+/m0/s1. The number of benzene rings is 1. The van der Waals surface area contributed by atoms with Crippen LogP contribution in [0.3, 0.4) is 0 Å². The Labute approximate surface area is 146 Å². The Balaban J connectivity index is 3.16. The van der Waals surface area contributed by atoms with E-state index in [1.54, 1.807) is 6.92 Å². The Kier molecular flexibility index (Phi) is 7.07. The van der Waals surface area contributed by atoms with Crippen molar-refractivity contribution < 1.29 is 19.1 Å². The Hall–Kier alpha value is -1.30. The van der Waals surface area contributed by atoms with Crippen LogP contribution in [0.1, 0.15) is 45.8 Å². The predicted octanol–water partition coefficient (Wildman–Crippen LogP) is 3.90. The number of aldehydes is 1. The van der Waals surface area contributed by atoms with Crippen LogP contribution >= 0.6 is 0 Å². The largest absolute Gasteiger partial charge is 0.403 e. The number of hydrogen-bond donors (Lipinski definition) is 1. The molecule has 0 aliphatic rings. The van der Waals surface area contributed by atoms with Gasteiger partial charge in [-0.15, -0.1) is 0 Å². The van der Waals surface area contributed by atoms with Gasteiger partial charge in [-0.25, -0.2) is 0 Å².